The van der Waals surface area contributed by atoms with Crippen molar-refractivity contribution in [1.29, 1.82) is 0 Å². The summed E-state index contributed by atoms with van der Waals surface area (Å²) >= 11 is 6.26. The van der Waals surface area contributed by atoms with Crippen molar-refractivity contribution in [3.63, 3.8) is 0 Å². The molecule has 0 unspecified atom stereocenters. The predicted molar refractivity (Wildman–Crippen MR) is 133 cm³/mol. The van der Waals surface area contributed by atoms with Gasteiger partial charge in [0.1, 0.15) is 10.7 Å². The van der Waals surface area contributed by atoms with Crippen LogP contribution in [0.25, 0.3) is 0 Å². The van der Waals surface area contributed by atoms with E-state index in [-0.39, 0.29) is 10.7 Å². The molecular formula is C23H29ClFN7O2S. The van der Waals surface area contributed by atoms with Crippen LogP contribution in [0.1, 0.15) is 41.4 Å². The van der Waals surface area contributed by atoms with E-state index in [1.807, 2.05) is 25.8 Å². The molecule has 0 saturated carbocycles. The maximum absolute atomic E-state index is 15.0. The van der Waals surface area contributed by atoms with E-state index in [1.165, 1.54) is 12.1 Å². The summed E-state index contributed by atoms with van der Waals surface area (Å²) in [5.74, 6) is -0.920. The molecule has 0 radical (unpaired) electrons. The number of hydrogen-bond acceptors (Lipinski definition) is 7. The first kappa shape index (κ1) is 25.5. The number of aromatic amines is 1. The minimum Gasteiger partial charge on any atom is -0.368 e. The molecule has 0 spiro atoms. The summed E-state index contributed by atoms with van der Waals surface area (Å²) in [5, 5.41) is 14.5. The molecule has 1 aromatic heterocycles. The number of nitrogens with one attached hydrogen (secondary N) is 2. The first-order valence-corrected chi connectivity index (χ1v) is 13.2. The van der Waals surface area contributed by atoms with Crippen LogP contribution in [0.3, 0.4) is 0 Å². The highest BCUT2D eigenvalue weighted by molar-refractivity contribution is 7.89. The van der Waals surface area contributed by atoms with Crippen LogP contribution in [0.2, 0.25) is 5.02 Å². The second kappa shape index (κ2) is 10.2. The smallest absolute Gasteiger partial charge is 0.243 e. The van der Waals surface area contributed by atoms with Crippen molar-refractivity contribution in [2.24, 2.45) is 0 Å². The molecule has 1 fully saturated rings. The van der Waals surface area contributed by atoms with Crippen LogP contribution in [0, 0.1) is 19.7 Å². The SMILES string of the molecule is Cc1ccc(F)c([C@@H](C)[C@H](NS(=O)(=O)c2ccc(Cl)cc2N2CCN(C)CC2)c2nn[nH]n2)c1C. The zero-order valence-electron chi connectivity index (χ0n) is 20.1. The van der Waals surface area contributed by atoms with Crippen LogP contribution < -0.4 is 9.62 Å². The Balaban J connectivity index is 1.74. The van der Waals surface area contributed by atoms with Crippen molar-refractivity contribution in [1.82, 2.24) is 30.2 Å². The number of nitrogens with zero attached hydrogens (tertiary/aromatic N) is 5. The molecular weight excluding hydrogens is 493 g/mol. The van der Waals surface area contributed by atoms with Crippen LogP contribution >= 0.6 is 11.6 Å². The normalized spacial score (nSPS) is 16.9. The Morgan fingerprint density at radius 3 is 2.51 bits per heavy atom. The lowest BCUT2D eigenvalue weighted by Crippen LogP contribution is -2.45. The molecule has 2 N–H and O–H groups in total. The summed E-state index contributed by atoms with van der Waals surface area (Å²) in [4.78, 5) is 4.28. The average molecular weight is 522 g/mol. The molecule has 0 amide bonds. The number of aryl methyl sites for hydroxylation is 1. The Hall–Kier alpha value is -2.60. The standard InChI is InChI=1S/C23H29ClFN7O2S/c1-14-5-7-18(25)21(15(14)2)16(3)22(23-26-29-30-27-23)28-35(33,34)20-8-6-17(24)13-19(20)32-11-9-31(4)10-12-32/h5-8,13,16,22,28H,9-12H2,1-4H3,(H,26,27,29,30)/t16-,22+/m1/s1. The number of halogens is 2. The number of likely N-dealkylation sites (N-methyl/N-ethyl adjacent to an activating group) is 1. The van der Waals surface area contributed by atoms with Gasteiger partial charge in [0.15, 0.2) is 5.82 Å². The highest BCUT2D eigenvalue weighted by Gasteiger charge is 2.34. The van der Waals surface area contributed by atoms with Gasteiger partial charge in [0.25, 0.3) is 0 Å². The van der Waals surface area contributed by atoms with E-state index in [9.17, 15) is 12.8 Å². The minimum absolute atomic E-state index is 0.0913. The number of sulfonamides is 1. The molecule has 0 bridgehead atoms. The third-order valence-corrected chi connectivity index (χ3v) is 8.39. The molecule has 2 atom stereocenters. The van der Waals surface area contributed by atoms with Gasteiger partial charge >= 0.3 is 0 Å². The van der Waals surface area contributed by atoms with E-state index < -0.39 is 27.8 Å². The van der Waals surface area contributed by atoms with E-state index in [0.717, 1.165) is 24.2 Å². The summed E-state index contributed by atoms with van der Waals surface area (Å²) in [6.45, 7) is 8.38. The molecule has 188 valence electrons. The zero-order chi connectivity index (χ0) is 25.3. The average Bonchev–Trinajstić information content (AvgIpc) is 3.35. The molecule has 12 heteroatoms. The molecule has 9 nitrogen and oxygen atoms in total. The Labute approximate surface area is 209 Å². The number of anilines is 1. The number of H-pyrrole nitrogens is 1. The lowest BCUT2D eigenvalue weighted by molar-refractivity contribution is 0.312. The second-order valence-electron chi connectivity index (χ2n) is 8.96. The van der Waals surface area contributed by atoms with Gasteiger partial charge in [-0.15, -0.1) is 10.2 Å². The Morgan fingerprint density at radius 2 is 1.86 bits per heavy atom. The van der Waals surface area contributed by atoms with Gasteiger partial charge < -0.3 is 9.80 Å². The van der Waals surface area contributed by atoms with Crippen molar-refractivity contribution < 1.29 is 12.8 Å². The largest absolute Gasteiger partial charge is 0.368 e. The van der Waals surface area contributed by atoms with Crippen molar-refractivity contribution in [3.8, 4) is 0 Å². The van der Waals surface area contributed by atoms with Gasteiger partial charge in [-0.25, -0.2) is 12.8 Å². The third kappa shape index (κ3) is 5.32. The van der Waals surface area contributed by atoms with Gasteiger partial charge in [-0.1, -0.05) is 29.8 Å². The third-order valence-electron chi connectivity index (χ3n) is 6.66. The van der Waals surface area contributed by atoms with Crippen LogP contribution in [0.15, 0.2) is 35.2 Å². The van der Waals surface area contributed by atoms with Crippen LogP contribution in [-0.2, 0) is 10.0 Å². The van der Waals surface area contributed by atoms with E-state index in [1.54, 1.807) is 25.1 Å². The molecule has 0 aliphatic carbocycles. The Bertz CT molecular complexity index is 1300. The zero-order valence-corrected chi connectivity index (χ0v) is 21.7. The van der Waals surface area contributed by atoms with E-state index in [2.05, 4.69) is 30.2 Å². The first-order valence-electron chi connectivity index (χ1n) is 11.3. The number of benzene rings is 2. The number of piperazine rings is 1. The number of tetrazole rings is 1. The van der Waals surface area contributed by atoms with E-state index in [0.29, 0.717) is 29.4 Å². The van der Waals surface area contributed by atoms with Gasteiger partial charge in [-0.05, 0) is 61.9 Å². The summed E-state index contributed by atoms with van der Waals surface area (Å²) in [6, 6.07) is 6.83. The van der Waals surface area contributed by atoms with Gasteiger partial charge in [-0.3, -0.25) is 0 Å². The van der Waals surface area contributed by atoms with Crippen molar-refractivity contribution in [2.75, 3.05) is 38.1 Å². The molecule has 1 aliphatic heterocycles. The van der Waals surface area contributed by atoms with Crippen molar-refractivity contribution >= 4 is 27.3 Å². The van der Waals surface area contributed by atoms with E-state index >= 15 is 0 Å². The minimum atomic E-state index is -4.09. The molecule has 2 aromatic carbocycles. The number of aromatic nitrogens is 4. The summed E-state index contributed by atoms with van der Waals surface area (Å²) in [6.07, 6.45) is 0. The van der Waals surface area contributed by atoms with Gasteiger partial charge in [0.05, 0.1) is 11.7 Å². The fourth-order valence-electron chi connectivity index (χ4n) is 4.45. The number of rotatable bonds is 7. The first-order chi connectivity index (χ1) is 16.6. The van der Waals surface area contributed by atoms with Crippen LogP contribution in [0.5, 0.6) is 0 Å². The molecule has 2 heterocycles. The molecule has 3 aromatic rings. The highest BCUT2D eigenvalue weighted by atomic mass is 35.5. The van der Waals surface area contributed by atoms with Crippen molar-refractivity contribution in [2.45, 2.75) is 37.6 Å². The fourth-order valence-corrected chi connectivity index (χ4v) is 6.10. The maximum atomic E-state index is 15.0. The monoisotopic (exact) mass is 521 g/mol. The van der Waals surface area contributed by atoms with Gasteiger partial charge in [0.2, 0.25) is 10.0 Å². The quantitative estimate of drug-likeness (QED) is 0.491. The maximum Gasteiger partial charge on any atom is 0.243 e. The lowest BCUT2D eigenvalue weighted by Gasteiger charge is -2.35. The van der Waals surface area contributed by atoms with Crippen molar-refractivity contribution in [3.05, 3.63) is 63.7 Å². The predicted octanol–water partition coefficient (Wildman–Crippen LogP) is 3.18. The van der Waals surface area contributed by atoms with Crippen LogP contribution in [0.4, 0.5) is 10.1 Å². The lowest BCUT2D eigenvalue weighted by atomic mass is 9.88. The fraction of sp³-hybridized carbons (Fsp3) is 0.435. The highest BCUT2D eigenvalue weighted by Crippen LogP contribution is 2.36. The molecule has 4 rings (SSSR count). The van der Waals surface area contributed by atoms with Gasteiger partial charge in [-0.2, -0.15) is 9.94 Å². The van der Waals surface area contributed by atoms with Crippen LogP contribution in [-0.4, -0.2) is 67.2 Å². The molecule has 1 aliphatic rings. The Morgan fingerprint density at radius 1 is 1.14 bits per heavy atom. The number of hydrogen-bond donors (Lipinski definition) is 2. The molecule has 1 saturated heterocycles. The second-order valence-corrected chi connectivity index (χ2v) is 11.1. The Kier molecular flexibility index (Phi) is 7.41. The summed E-state index contributed by atoms with van der Waals surface area (Å²) in [5.41, 5.74) is 2.57. The topological polar surface area (TPSA) is 107 Å². The molecule has 35 heavy (non-hydrogen) atoms. The summed E-state index contributed by atoms with van der Waals surface area (Å²) < 4.78 is 45.2. The van der Waals surface area contributed by atoms with Gasteiger partial charge in [0, 0.05) is 37.1 Å². The van der Waals surface area contributed by atoms with E-state index in [4.69, 9.17) is 11.6 Å². The summed E-state index contributed by atoms with van der Waals surface area (Å²) in [7, 11) is -2.07.